The summed E-state index contributed by atoms with van der Waals surface area (Å²) in [5, 5.41) is 12.2. The fourth-order valence-electron chi connectivity index (χ4n) is 1.38. The number of benzene rings is 1. The molecule has 5 heteroatoms. The molecule has 0 aromatic heterocycles. The van der Waals surface area contributed by atoms with Crippen molar-refractivity contribution in [2.24, 2.45) is 0 Å². The third kappa shape index (κ3) is 3.12. The summed E-state index contributed by atoms with van der Waals surface area (Å²) in [4.78, 5) is 10.9. The Morgan fingerprint density at radius 1 is 1.62 bits per heavy atom. The highest BCUT2D eigenvalue weighted by Gasteiger charge is 2.15. The minimum Gasteiger partial charge on any atom is -0.497 e. The molecule has 1 atom stereocenters. The van der Waals surface area contributed by atoms with Crippen LogP contribution in [0.15, 0.2) is 18.2 Å². The number of rotatable bonds is 4. The fraction of sp³-hybridized carbons (Fsp3) is 0.364. The quantitative estimate of drug-likeness (QED) is 0.843. The van der Waals surface area contributed by atoms with Crippen LogP contribution in [0.25, 0.3) is 0 Å². The first-order valence-electron chi connectivity index (χ1n) is 4.80. The molecule has 0 heterocycles. The van der Waals surface area contributed by atoms with Gasteiger partial charge in [0.2, 0.25) is 5.91 Å². The van der Waals surface area contributed by atoms with E-state index < -0.39 is 6.04 Å². The molecule has 0 saturated carbocycles. The zero-order valence-electron chi connectivity index (χ0n) is 9.16. The van der Waals surface area contributed by atoms with Gasteiger partial charge < -0.3 is 15.2 Å². The molecule has 0 fully saturated rings. The van der Waals surface area contributed by atoms with Crippen molar-refractivity contribution in [2.75, 3.05) is 13.7 Å². The Kier molecular flexibility index (Phi) is 4.58. The highest BCUT2D eigenvalue weighted by molar-refractivity contribution is 6.31. The van der Waals surface area contributed by atoms with Gasteiger partial charge >= 0.3 is 0 Å². The maximum Gasteiger partial charge on any atom is 0.217 e. The molecule has 1 rings (SSSR count). The lowest BCUT2D eigenvalue weighted by Crippen LogP contribution is -2.28. The van der Waals surface area contributed by atoms with Crippen molar-refractivity contribution in [1.82, 2.24) is 5.32 Å². The number of halogens is 1. The van der Waals surface area contributed by atoms with Gasteiger partial charge in [-0.05, 0) is 17.7 Å². The average Bonchev–Trinajstić information content (AvgIpc) is 2.25. The molecule has 4 nitrogen and oxygen atoms in total. The molecule has 1 aromatic carbocycles. The van der Waals surface area contributed by atoms with Gasteiger partial charge in [-0.3, -0.25) is 4.79 Å². The number of methoxy groups -OCH3 is 1. The molecule has 1 amide bonds. The zero-order chi connectivity index (χ0) is 12.1. The molecule has 1 aromatic rings. The number of amides is 1. The molecule has 0 aliphatic heterocycles. The molecule has 0 radical (unpaired) electrons. The van der Waals surface area contributed by atoms with Gasteiger partial charge in [0.15, 0.2) is 0 Å². The third-order valence-electron chi connectivity index (χ3n) is 2.14. The van der Waals surface area contributed by atoms with Crippen molar-refractivity contribution < 1.29 is 14.6 Å². The average molecular weight is 244 g/mol. The molecule has 0 saturated heterocycles. The van der Waals surface area contributed by atoms with Crippen LogP contribution >= 0.6 is 11.6 Å². The summed E-state index contributed by atoms with van der Waals surface area (Å²) in [5.41, 5.74) is 0.667. The van der Waals surface area contributed by atoms with Gasteiger partial charge in [0.05, 0.1) is 19.8 Å². The number of hydrogen-bond acceptors (Lipinski definition) is 3. The number of hydrogen-bond donors (Lipinski definition) is 2. The fourth-order valence-corrected chi connectivity index (χ4v) is 1.69. The van der Waals surface area contributed by atoms with E-state index >= 15 is 0 Å². The summed E-state index contributed by atoms with van der Waals surface area (Å²) in [7, 11) is 1.54. The van der Waals surface area contributed by atoms with Crippen molar-refractivity contribution in [3.8, 4) is 5.75 Å². The van der Waals surface area contributed by atoms with Crippen LogP contribution in [0.4, 0.5) is 0 Å². The van der Waals surface area contributed by atoms with Gasteiger partial charge in [-0.15, -0.1) is 0 Å². The third-order valence-corrected chi connectivity index (χ3v) is 2.47. The molecular formula is C11H14ClNO3. The predicted octanol–water partition coefficient (Wildman–Crippen LogP) is 1.52. The predicted molar refractivity (Wildman–Crippen MR) is 61.6 cm³/mol. The number of aliphatic hydroxyl groups is 1. The van der Waals surface area contributed by atoms with Crippen molar-refractivity contribution in [1.29, 1.82) is 0 Å². The molecule has 0 aliphatic carbocycles. The number of aliphatic hydroxyl groups excluding tert-OH is 1. The van der Waals surface area contributed by atoms with Gasteiger partial charge in [0, 0.05) is 11.9 Å². The second-order valence-corrected chi connectivity index (χ2v) is 3.73. The summed E-state index contributed by atoms with van der Waals surface area (Å²) in [5.74, 6) is 0.416. The number of nitrogens with one attached hydrogen (secondary N) is 1. The van der Waals surface area contributed by atoms with E-state index in [4.69, 9.17) is 16.3 Å². The Labute approximate surface area is 99.2 Å². The van der Waals surface area contributed by atoms with Gasteiger partial charge in [-0.25, -0.2) is 0 Å². The number of carbonyl (C=O) groups excluding carboxylic acids is 1. The highest BCUT2D eigenvalue weighted by Crippen LogP contribution is 2.27. The van der Waals surface area contributed by atoms with Crippen LogP contribution in [0, 0.1) is 0 Å². The first kappa shape index (κ1) is 12.8. The largest absolute Gasteiger partial charge is 0.497 e. The Morgan fingerprint density at radius 3 is 2.75 bits per heavy atom. The zero-order valence-corrected chi connectivity index (χ0v) is 9.91. The summed E-state index contributed by atoms with van der Waals surface area (Å²) in [6.07, 6.45) is 0. The molecule has 0 bridgehead atoms. The number of ether oxygens (including phenoxy) is 1. The van der Waals surface area contributed by atoms with Gasteiger partial charge in [0.1, 0.15) is 5.75 Å². The monoisotopic (exact) mass is 243 g/mol. The van der Waals surface area contributed by atoms with Crippen molar-refractivity contribution >= 4 is 17.5 Å². The summed E-state index contributed by atoms with van der Waals surface area (Å²) in [6.45, 7) is 1.19. The Bertz CT molecular complexity index is 381. The lowest BCUT2D eigenvalue weighted by molar-refractivity contribution is -0.120. The highest BCUT2D eigenvalue weighted by atomic mass is 35.5. The van der Waals surface area contributed by atoms with Crippen LogP contribution in [0.3, 0.4) is 0 Å². The Hall–Kier alpha value is -1.26. The van der Waals surface area contributed by atoms with Crippen molar-refractivity contribution in [3.05, 3.63) is 28.8 Å². The molecule has 1 unspecified atom stereocenters. The van der Waals surface area contributed by atoms with E-state index in [0.29, 0.717) is 16.3 Å². The minimum absolute atomic E-state index is 0.203. The normalized spacial score (nSPS) is 12.0. The molecule has 16 heavy (non-hydrogen) atoms. The summed E-state index contributed by atoms with van der Waals surface area (Å²) < 4.78 is 5.01. The van der Waals surface area contributed by atoms with E-state index in [1.807, 2.05) is 0 Å². The van der Waals surface area contributed by atoms with E-state index in [1.54, 1.807) is 25.3 Å². The molecular weight excluding hydrogens is 230 g/mol. The summed E-state index contributed by atoms with van der Waals surface area (Å²) in [6, 6.07) is 4.60. The van der Waals surface area contributed by atoms with Crippen LogP contribution in [-0.2, 0) is 4.79 Å². The molecule has 2 N–H and O–H groups in total. The minimum atomic E-state index is -0.490. The topological polar surface area (TPSA) is 58.6 Å². The smallest absolute Gasteiger partial charge is 0.217 e. The lowest BCUT2D eigenvalue weighted by atomic mass is 10.1. The standard InChI is InChI=1S/C11H14ClNO3/c1-7(15)13-11(6-14)9-4-3-8(16-2)5-10(9)12/h3-5,11,14H,6H2,1-2H3,(H,13,15). The summed E-state index contributed by atoms with van der Waals surface area (Å²) >= 11 is 6.02. The van der Waals surface area contributed by atoms with E-state index in [2.05, 4.69) is 5.32 Å². The first-order chi connectivity index (χ1) is 7.58. The maximum atomic E-state index is 10.9. The first-order valence-corrected chi connectivity index (χ1v) is 5.17. The SMILES string of the molecule is COc1ccc(C(CO)NC(C)=O)c(Cl)c1. The molecule has 0 spiro atoms. The Balaban J connectivity index is 2.96. The van der Waals surface area contributed by atoms with Crippen molar-refractivity contribution in [2.45, 2.75) is 13.0 Å². The van der Waals surface area contributed by atoms with Crippen molar-refractivity contribution in [3.63, 3.8) is 0 Å². The van der Waals surface area contributed by atoms with Gasteiger partial charge in [-0.2, -0.15) is 0 Å². The Morgan fingerprint density at radius 2 is 2.31 bits per heavy atom. The number of carbonyl (C=O) groups is 1. The van der Waals surface area contributed by atoms with E-state index in [1.165, 1.54) is 6.92 Å². The lowest BCUT2D eigenvalue weighted by Gasteiger charge is -2.17. The second kappa shape index (κ2) is 5.72. The van der Waals surface area contributed by atoms with E-state index in [9.17, 15) is 9.90 Å². The van der Waals surface area contributed by atoms with Crippen LogP contribution in [-0.4, -0.2) is 24.7 Å². The van der Waals surface area contributed by atoms with Crippen LogP contribution in [0.5, 0.6) is 5.75 Å². The van der Waals surface area contributed by atoms with E-state index in [0.717, 1.165) is 0 Å². The van der Waals surface area contributed by atoms with E-state index in [-0.39, 0.29) is 12.5 Å². The van der Waals surface area contributed by atoms with Gasteiger partial charge in [0.25, 0.3) is 0 Å². The molecule has 0 aliphatic rings. The van der Waals surface area contributed by atoms with Crippen LogP contribution < -0.4 is 10.1 Å². The van der Waals surface area contributed by atoms with Crippen LogP contribution in [0.2, 0.25) is 5.02 Å². The molecule has 88 valence electrons. The maximum absolute atomic E-state index is 10.9. The van der Waals surface area contributed by atoms with Crippen LogP contribution in [0.1, 0.15) is 18.5 Å². The second-order valence-electron chi connectivity index (χ2n) is 3.32. The van der Waals surface area contributed by atoms with Gasteiger partial charge in [-0.1, -0.05) is 17.7 Å².